The number of anilines is 1. The summed E-state index contributed by atoms with van der Waals surface area (Å²) in [5, 5.41) is 2.78. The van der Waals surface area contributed by atoms with Crippen LogP contribution in [0.15, 0.2) is 24.3 Å². The number of nitrogens with one attached hydrogen (secondary N) is 2. The number of halogens is 1. The lowest BCUT2D eigenvalue weighted by molar-refractivity contribution is -0.139. The van der Waals surface area contributed by atoms with Crippen molar-refractivity contribution in [1.29, 1.82) is 0 Å². The summed E-state index contributed by atoms with van der Waals surface area (Å²) < 4.78 is 43.5. The van der Waals surface area contributed by atoms with E-state index >= 15 is 4.39 Å². The summed E-state index contributed by atoms with van der Waals surface area (Å²) in [5.74, 6) is -1.79. The zero-order valence-corrected chi connectivity index (χ0v) is 22.1. The molecule has 4 N–H and O–H groups in total. The molecule has 2 aliphatic heterocycles. The smallest absolute Gasteiger partial charge is 0.255 e. The number of benzene rings is 1. The normalized spacial score (nSPS) is 22.3. The topological polar surface area (TPSA) is 144 Å². The Hall–Kier alpha value is -3.26. The Labute approximate surface area is 221 Å². The second-order valence-corrected chi connectivity index (χ2v) is 12.1. The van der Waals surface area contributed by atoms with E-state index in [0.717, 1.165) is 16.3 Å². The number of ether oxygens (including phenoxy) is 1. The Bertz CT molecular complexity index is 1340. The molecule has 0 spiro atoms. The number of pyridine rings is 1. The molecule has 204 valence electrons. The van der Waals surface area contributed by atoms with E-state index in [0.29, 0.717) is 35.5 Å². The van der Waals surface area contributed by atoms with Crippen LogP contribution in [0.2, 0.25) is 0 Å². The summed E-state index contributed by atoms with van der Waals surface area (Å²) >= 11 is 0. The second-order valence-electron chi connectivity index (χ2n) is 10.3. The SMILES string of the molecule is COc1ccc2c(n1)CCN(C(=O)CN1CC(=O)NS1(O)O)[C@H]2C(=O)Nc1cc(F)c2c(c1)CCC2(C)C. The lowest BCUT2D eigenvalue weighted by atomic mass is 9.86. The van der Waals surface area contributed by atoms with Crippen molar-refractivity contribution in [3.05, 3.63) is 52.5 Å². The van der Waals surface area contributed by atoms with Crippen LogP contribution in [0.3, 0.4) is 0 Å². The fourth-order valence-electron chi connectivity index (χ4n) is 5.49. The summed E-state index contributed by atoms with van der Waals surface area (Å²) in [7, 11) is -2.15. The van der Waals surface area contributed by atoms with Gasteiger partial charge >= 0.3 is 0 Å². The molecule has 13 heteroatoms. The van der Waals surface area contributed by atoms with Gasteiger partial charge in [-0.2, -0.15) is 4.31 Å². The Kier molecular flexibility index (Phi) is 6.58. The number of carbonyl (C=O) groups is 3. The first-order chi connectivity index (χ1) is 17.9. The maximum atomic E-state index is 15.1. The molecule has 0 saturated carbocycles. The van der Waals surface area contributed by atoms with Crippen LogP contribution >= 0.6 is 11.0 Å². The van der Waals surface area contributed by atoms with E-state index in [1.165, 1.54) is 18.1 Å². The average molecular weight is 548 g/mol. The van der Waals surface area contributed by atoms with Crippen LogP contribution < -0.4 is 14.8 Å². The molecule has 38 heavy (non-hydrogen) atoms. The number of fused-ring (bicyclic) bond motifs is 2. The molecular weight excluding hydrogens is 517 g/mol. The van der Waals surface area contributed by atoms with Crippen molar-refractivity contribution >= 4 is 34.4 Å². The van der Waals surface area contributed by atoms with Gasteiger partial charge in [0.1, 0.15) is 18.4 Å². The lowest BCUT2D eigenvalue weighted by Crippen LogP contribution is -2.49. The number of methoxy groups -OCH3 is 1. The van der Waals surface area contributed by atoms with Gasteiger partial charge in [0, 0.05) is 30.3 Å². The minimum atomic E-state index is -3.63. The van der Waals surface area contributed by atoms with E-state index < -0.39 is 41.3 Å². The molecule has 1 aromatic heterocycles. The average Bonchev–Trinajstić information content (AvgIpc) is 3.30. The van der Waals surface area contributed by atoms with E-state index in [-0.39, 0.29) is 30.0 Å². The van der Waals surface area contributed by atoms with Crippen LogP contribution in [0.5, 0.6) is 5.88 Å². The number of hydrogen-bond acceptors (Lipinski definition) is 8. The predicted octanol–water partition coefficient (Wildman–Crippen LogP) is 2.53. The van der Waals surface area contributed by atoms with Crippen LogP contribution in [-0.4, -0.2) is 67.8 Å². The van der Waals surface area contributed by atoms with Crippen LogP contribution in [0, 0.1) is 5.82 Å². The van der Waals surface area contributed by atoms with Crippen LogP contribution in [0.25, 0.3) is 0 Å². The number of rotatable bonds is 5. The highest BCUT2D eigenvalue weighted by Crippen LogP contribution is 2.43. The first-order valence-corrected chi connectivity index (χ1v) is 13.7. The molecule has 1 saturated heterocycles. The van der Waals surface area contributed by atoms with Crippen molar-refractivity contribution in [2.45, 2.75) is 44.6 Å². The van der Waals surface area contributed by atoms with Crippen molar-refractivity contribution in [2.24, 2.45) is 0 Å². The summed E-state index contributed by atoms with van der Waals surface area (Å²) in [6.07, 6.45) is 1.83. The van der Waals surface area contributed by atoms with E-state index in [4.69, 9.17) is 4.74 Å². The third-order valence-corrected chi connectivity index (χ3v) is 8.82. The molecule has 3 aliphatic rings. The minimum absolute atomic E-state index is 0.116. The molecule has 11 nitrogen and oxygen atoms in total. The fourth-order valence-corrected chi connectivity index (χ4v) is 6.58. The van der Waals surface area contributed by atoms with Crippen LogP contribution in [0.1, 0.15) is 48.7 Å². The largest absolute Gasteiger partial charge is 0.481 e. The molecule has 1 fully saturated rings. The van der Waals surface area contributed by atoms with Gasteiger partial charge in [-0.3, -0.25) is 23.5 Å². The van der Waals surface area contributed by atoms with E-state index in [1.807, 2.05) is 18.6 Å². The Morgan fingerprint density at radius 1 is 1.29 bits per heavy atom. The zero-order chi connectivity index (χ0) is 27.4. The maximum absolute atomic E-state index is 15.1. The number of amides is 3. The highest BCUT2D eigenvalue weighted by Gasteiger charge is 2.41. The van der Waals surface area contributed by atoms with Gasteiger partial charge in [0.2, 0.25) is 11.8 Å². The number of hydrogen-bond donors (Lipinski definition) is 4. The fraction of sp³-hybridized carbons (Fsp3) is 0.440. The molecular formula is C25H30FN5O6S. The first kappa shape index (κ1) is 26.4. The lowest BCUT2D eigenvalue weighted by Gasteiger charge is -2.39. The minimum Gasteiger partial charge on any atom is -0.481 e. The molecule has 1 atom stereocenters. The van der Waals surface area contributed by atoms with Crippen molar-refractivity contribution < 1.29 is 32.6 Å². The Balaban J connectivity index is 1.45. The van der Waals surface area contributed by atoms with Gasteiger partial charge in [-0.25, -0.2) is 14.1 Å². The molecule has 3 amide bonds. The van der Waals surface area contributed by atoms with Gasteiger partial charge < -0.3 is 15.0 Å². The highest BCUT2D eigenvalue weighted by atomic mass is 32.3. The van der Waals surface area contributed by atoms with Gasteiger partial charge in [-0.05, 0) is 58.5 Å². The number of aryl methyl sites for hydroxylation is 1. The van der Waals surface area contributed by atoms with Gasteiger partial charge in [0.15, 0.2) is 0 Å². The molecule has 5 rings (SSSR count). The molecule has 3 heterocycles. The van der Waals surface area contributed by atoms with Gasteiger partial charge in [-0.1, -0.05) is 13.8 Å². The molecule has 2 aromatic rings. The van der Waals surface area contributed by atoms with Crippen molar-refractivity contribution in [3.63, 3.8) is 0 Å². The highest BCUT2D eigenvalue weighted by molar-refractivity contribution is 8.21. The molecule has 0 unspecified atom stereocenters. The summed E-state index contributed by atoms with van der Waals surface area (Å²) in [5.41, 5.74) is 2.55. The Morgan fingerprint density at radius 2 is 2.05 bits per heavy atom. The Morgan fingerprint density at radius 3 is 2.74 bits per heavy atom. The number of carbonyl (C=O) groups excluding carboxylic acids is 3. The van der Waals surface area contributed by atoms with Crippen molar-refractivity contribution in [2.75, 3.05) is 32.1 Å². The zero-order valence-electron chi connectivity index (χ0n) is 21.3. The van der Waals surface area contributed by atoms with E-state index in [1.54, 1.807) is 18.2 Å². The molecule has 1 aliphatic carbocycles. The molecule has 1 aromatic carbocycles. The maximum Gasteiger partial charge on any atom is 0.255 e. The second kappa shape index (κ2) is 9.49. The van der Waals surface area contributed by atoms with Gasteiger partial charge in [0.25, 0.3) is 11.8 Å². The van der Waals surface area contributed by atoms with E-state index in [9.17, 15) is 23.5 Å². The van der Waals surface area contributed by atoms with Crippen molar-refractivity contribution in [3.8, 4) is 5.88 Å². The summed E-state index contributed by atoms with van der Waals surface area (Å²) in [6, 6.07) is 5.19. The van der Waals surface area contributed by atoms with Gasteiger partial charge in [-0.15, -0.1) is 0 Å². The number of nitrogens with zero attached hydrogens (tertiary/aromatic N) is 3. The monoisotopic (exact) mass is 547 g/mol. The summed E-state index contributed by atoms with van der Waals surface area (Å²) in [4.78, 5) is 44.5. The quantitative estimate of drug-likeness (QED) is 0.447. The summed E-state index contributed by atoms with van der Waals surface area (Å²) in [6.45, 7) is 3.24. The van der Waals surface area contributed by atoms with Crippen LogP contribution in [0.4, 0.5) is 10.1 Å². The predicted molar refractivity (Wildman–Crippen MR) is 138 cm³/mol. The molecule has 0 bridgehead atoms. The third-order valence-electron chi connectivity index (χ3n) is 7.34. The van der Waals surface area contributed by atoms with Crippen molar-refractivity contribution in [1.82, 2.24) is 18.9 Å². The van der Waals surface area contributed by atoms with Gasteiger partial charge in [0.05, 0.1) is 19.3 Å². The third kappa shape index (κ3) is 4.70. The van der Waals surface area contributed by atoms with Crippen LogP contribution in [-0.2, 0) is 32.6 Å². The first-order valence-electron chi connectivity index (χ1n) is 12.2. The molecule has 0 radical (unpaired) electrons. The number of aromatic nitrogens is 1. The standard InChI is InChI=1S/C25H30FN5O6S/c1-25(2)8-6-14-10-15(11-17(26)22(14)25)27-24(34)23-16-4-5-20(37-3)28-18(16)7-9-31(23)21(33)13-30-12-19(32)29-38(30,35)36/h4-5,10-11,23,35-36H,6-9,12-13H2,1-3H3,(H,27,34)(H,29,32)/t23-/m1/s1. The van der Waals surface area contributed by atoms with E-state index in [2.05, 4.69) is 10.3 Å².